The molecule has 0 saturated heterocycles. The number of para-hydroxylation sites is 3. The van der Waals surface area contributed by atoms with Crippen molar-refractivity contribution in [1.29, 1.82) is 0 Å². The summed E-state index contributed by atoms with van der Waals surface area (Å²) < 4.78 is 7.11. The molecule has 3 aromatic heterocycles. The van der Waals surface area contributed by atoms with Crippen LogP contribution in [-0.4, -0.2) is 26.6 Å². The van der Waals surface area contributed by atoms with Gasteiger partial charge in [0.25, 0.3) is 0 Å². The lowest BCUT2D eigenvalue weighted by Gasteiger charge is -2.34. The fourth-order valence-corrected chi connectivity index (χ4v) is 13.7. The topological polar surface area (TPSA) is 27.2 Å². The molecular weight excluding hydrogens is 673 g/mol. The third-order valence-electron chi connectivity index (χ3n) is 11.2. The van der Waals surface area contributed by atoms with Crippen LogP contribution in [0.2, 0.25) is 0 Å². The molecule has 254 valence electrons. The maximum atomic E-state index is 5.62. The van der Waals surface area contributed by atoms with Crippen LogP contribution < -0.4 is 20.7 Å². The van der Waals surface area contributed by atoms with E-state index in [0.29, 0.717) is 0 Å². The molecule has 0 aliphatic rings. The minimum absolute atomic E-state index is 0.895. The largest absolute Gasteiger partial charge is 0.307 e. The highest BCUT2D eigenvalue weighted by Gasteiger charge is 2.41. The Hall–Kier alpha value is -6.95. The zero-order chi connectivity index (χ0) is 35.6. The average Bonchev–Trinajstić information content (AvgIpc) is 3.90. The number of nitrogens with zero attached hydrogens (tertiary/aromatic N) is 4. The van der Waals surface area contributed by atoms with E-state index in [1.54, 1.807) is 0 Å². The molecule has 0 amide bonds. The van der Waals surface area contributed by atoms with Gasteiger partial charge in [0.15, 0.2) is 8.07 Å². The summed E-state index contributed by atoms with van der Waals surface area (Å²) in [7, 11) is -2.79. The fraction of sp³-hybridized carbons (Fsp3) is 0. The van der Waals surface area contributed by atoms with Gasteiger partial charge < -0.3 is 4.57 Å². The van der Waals surface area contributed by atoms with Crippen molar-refractivity contribution < 1.29 is 0 Å². The Morgan fingerprint density at radius 3 is 1.44 bits per heavy atom. The van der Waals surface area contributed by atoms with E-state index < -0.39 is 8.07 Å². The Morgan fingerprint density at radius 1 is 0.352 bits per heavy atom. The summed E-state index contributed by atoms with van der Waals surface area (Å²) in [6, 6.07) is 75.2. The smallest absolute Gasteiger partial charge is 0.220 e. The zero-order valence-corrected chi connectivity index (χ0v) is 30.4. The normalized spacial score (nSPS) is 12.1. The lowest BCUT2D eigenvalue weighted by Crippen LogP contribution is -2.74. The number of aromatic nitrogens is 4. The van der Waals surface area contributed by atoms with E-state index >= 15 is 0 Å². The van der Waals surface area contributed by atoms with E-state index in [1.165, 1.54) is 37.0 Å². The maximum Gasteiger partial charge on any atom is 0.220 e. The summed E-state index contributed by atoms with van der Waals surface area (Å²) in [5.74, 6) is 0.895. The van der Waals surface area contributed by atoms with Crippen LogP contribution in [0.4, 0.5) is 0 Å². The fourth-order valence-electron chi connectivity index (χ4n) is 8.94. The number of fused-ring (bicyclic) bond motifs is 9. The molecule has 5 heteroatoms. The van der Waals surface area contributed by atoms with Gasteiger partial charge in [-0.25, -0.2) is 4.98 Å². The monoisotopic (exact) mass is 706 g/mol. The van der Waals surface area contributed by atoms with E-state index in [9.17, 15) is 0 Å². The average molecular weight is 707 g/mol. The van der Waals surface area contributed by atoms with E-state index in [1.807, 2.05) is 0 Å². The quantitative estimate of drug-likeness (QED) is 0.125. The lowest BCUT2D eigenvalue weighted by molar-refractivity contribution is 1.11. The summed E-state index contributed by atoms with van der Waals surface area (Å²) >= 11 is 0. The van der Waals surface area contributed by atoms with Crippen LogP contribution in [0.15, 0.2) is 206 Å². The molecule has 0 saturated carbocycles. The first kappa shape index (κ1) is 30.7. The molecule has 0 N–H and O–H groups in total. The molecule has 11 aromatic rings. The zero-order valence-electron chi connectivity index (χ0n) is 29.4. The van der Waals surface area contributed by atoms with Crippen molar-refractivity contribution in [3.05, 3.63) is 206 Å². The first-order valence-corrected chi connectivity index (χ1v) is 20.5. The maximum absolute atomic E-state index is 5.62. The van der Waals surface area contributed by atoms with Crippen molar-refractivity contribution in [3.63, 3.8) is 0 Å². The van der Waals surface area contributed by atoms with Crippen molar-refractivity contribution in [2.45, 2.75) is 0 Å². The second kappa shape index (κ2) is 12.1. The summed E-state index contributed by atoms with van der Waals surface area (Å²) in [6.07, 6.45) is 0. The first-order chi connectivity index (χ1) is 26.8. The third kappa shape index (κ3) is 4.33. The van der Waals surface area contributed by atoms with Gasteiger partial charge in [-0.2, -0.15) is 0 Å². The number of hydrogen-bond acceptors (Lipinski definition) is 1. The molecule has 11 rings (SSSR count). The Balaban J connectivity index is 1.31. The highest BCUT2D eigenvalue weighted by atomic mass is 28.3. The van der Waals surface area contributed by atoms with Gasteiger partial charge in [0.1, 0.15) is 5.52 Å². The SMILES string of the molecule is c1ccc(-n2c3ccccc3c3ccc4c(nc5n(-c6ccccc6)c6ccc([Si](c7ccccc7)(c7ccccc7)c7ccccc7)cc6n45)c32)cc1. The number of imidazole rings is 2. The Labute approximate surface area is 313 Å². The van der Waals surface area contributed by atoms with Crippen LogP contribution in [0.5, 0.6) is 0 Å². The molecule has 0 spiro atoms. The predicted molar refractivity (Wildman–Crippen MR) is 227 cm³/mol. The van der Waals surface area contributed by atoms with Crippen LogP contribution in [0.3, 0.4) is 0 Å². The first-order valence-electron chi connectivity index (χ1n) is 18.5. The molecule has 4 nitrogen and oxygen atoms in total. The van der Waals surface area contributed by atoms with Gasteiger partial charge in [-0.1, -0.05) is 152 Å². The highest BCUT2D eigenvalue weighted by Crippen LogP contribution is 2.38. The van der Waals surface area contributed by atoms with Crippen molar-refractivity contribution in [2.24, 2.45) is 0 Å². The van der Waals surface area contributed by atoms with Crippen molar-refractivity contribution >= 4 is 78.5 Å². The summed E-state index contributed by atoms with van der Waals surface area (Å²) in [5, 5.41) is 7.80. The third-order valence-corrected chi connectivity index (χ3v) is 16.0. The summed E-state index contributed by atoms with van der Waals surface area (Å²) in [5.41, 5.74) is 8.82. The number of hydrogen-bond donors (Lipinski definition) is 0. The molecular formula is C49H34N4Si. The van der Waals surface area contributed by atoms with Crippen molar-refractivity contribution in [3.8, 4) is 11.4 Å². The Kier molecular flexibility index (Phi) is 6.84. The van der Waals surface area contributed by atoms with E-state index in [-0.39, 0.29) is 0 Å². The molecule has 0 fully saturated rings. The van der Waals surface area contributed by atoms with Gasteiger partial charge in [0, 0.05) is 22.1 Å². The molecule has 3 heterocycles. The molecule has 0 bridgehead atoms. The van der Waals surface area contributed by atoms with Gasteiger partial charge >= 0.3 is 0 Å². The predicted octanol–water partition coefficient (Wildman–Crippen LogP) is 8.91. The number of benzene rings is 8. The van der Waals surface area contributed by atoms with E-state index in [0.717, 1.165) is 44.7 Å². The van der Waals surface area contributed by atoms with Gasteiger partial charge in [0.05, 0.1) is 27.6 Å². The van der Waals surface area contributed by atoms with Crippen LogP contribution in [-0.2, 0) is 0 Å². The van der Waals surface area contributed by atoms with Crippen molar-refractivity contribution in [2.75, 3.05) is 0 Å². The van der Waals surface area contributed by atoms with Gasteiger partial charge in [-0.05, 0) is 75.3 Å². The van der Waals surface area contributed by atoms with Gasteiger partial charge in [-0.3, -0.25) is 8.97 Å². The van der Waals surface area contributed by atoms with Crippen LogP contribution in [0.1, 0.15) is 0 Å². The van der Waals surface area contributed by atoms with E-state index in [2.05, 4.69) is 220 Å². The standard InChI is InChI=1S/C49H34N4Si/c1-6-18-35(19-7-1)51-43-29-17-16-28-41(43)42-31-33-45-47(48(42)51)50-49-52(36-20-8-2-9-21-36)44-32-30-40(34-46(44)53(45)49)54(37-22-10-3-11-23-37,38-24-12-4-13-25-38)39-26-14-5-15-27-39/h1-34H. The second-order valence-corrected chi connectivity index (χ2v) is 17.8. The lowest BCUT2D eigenvalue weighted by atomic mass is 10.1. The van der Waals surface area contributed by atoms with Gasteiger partial charge in [0.2, 0.25) is 5.78 Å². The van der Waals surface area contributed by atoms with Crippen molar-refractivity contribution in [1.82, 2.24) is 18.5 Å². The number of rotatable bonds is 6. The summed E-state index contributed by atoms with van der Waals surface area (Å²) in [4.78, 5) is 5.62. The van der Waals surface area contributed by atoms with Crippen LogP contribution in [0, 0.1) is 0 Å². The van der Waals surface area contributed by atoms with Crippen LogP contribution >= 0.6 is 0 Å². The molecule has 0 aliphatic heterocycles. The minimum atomic E-state index is -2.79. The molecule has 0 aliphatic carbocycles. The second-order valence-electron chi connectivity index (χ2n) is 14.0. The Bertz CT molecular complexity index is 3030. The molecule has 0 radical (unpaired) electrons. The summed E-state index contributed by atoms with van der Waals surface area (Å²) in [6.45, 7) is 0. The van der Waals surface area contributed by atoms with E-state index in [4.69, 9.17) is 4.98 Å². The molecule has 8 aromatic carbocycles. The molecule has 54 heavy (non-hydrogen) atoms. The highest BCUT2D eigenvalue weighted by molar-refractivity contribution is 7.20. The Morgan fingerprint density at radius 2 is 0.852 bits per heavy atom. The molecule has 0 atom stereocenters. The van der Waals surface area contributed by atoms with Gasteiger partial charge in [-0.15, -0.1) is 0 Å². The molecule has 0 unspecified atom stereocenters. The minimum Gasteiger partial charge on any atom is -0.307 e. The van der Waals surface area contributed by atoms with Crippen LogP contribution in [0.25, 0.3) is 61.0 Å².